The number of ether oxygens (including phenoxy) is 2. The Balaban J connectivity index is 2.02. The lowest BCUT2D eigenvalue weighted by Crippen LogP contribution is -2.44. The number of rotatable bonds is 4. The van der Waals surface area contributed by atoms with Gasteiger partial charge in [-0.15, -0.1) is 0 Å². The lowest BCUT2D eigenvalue weighted by molar-refractivity contribution is -0.161. The third-order valence-corrected chi connectivity index (χ3v) is 4.28. The van der Waals surface area contributed by atoms with E-state index in [0.717, 1.165) is 29.3 Å². The van der Waals surface area contributed by atoms with Crippen molar-refractivity contribution in [3.63, 3.8) is 0 Å². The first kappa shape index (κ1) is 13.3. The average molecular weight is 314 g/mol. The van der Waals surface area contributed by atoms with E-state index >= 15 is 0 Å². The summed E-state index contributed by atoms with van der Waals surface area (Å²) in [6.07, 6.45) is 4.41. The maximum atomic E-state index is 11.7. The number of carbonyl (C=O) groups excluding carboxylic acids is 1. The van der Waals surface area contributed by atoms with Crippen molar-refractivity contribution in [3.05, 3.63) is 22.3 Å². The zero-order valence-electron chi connectivity index (χ0n) is 10.5. The number of aromatic nitrogens is 1. The highest BCUT2D eigenvalue weighted by atomic mass is 79.9. The van der Waals surface area contributed by atoms with Crippen molar-refractivity contribution in [1.82, 2.24) is 4.98 Å². The van der Waals surface area contributed by atoms with Crippen molar-refractivity contribution >= 4 is 21.9 Å². The molecule has 0 atom stereocenters. The van der Waals surface area contributed by atoms with Crippen LogP contribution in [0.3, 0.4) is 0 Å². The molecule has 0 radical (unpaired) electrons. The fraction of sp³-hybridized carbons (Fsp3) is 0.538. The van der Waals surface area contributed by atoms with Gasteiger partial charge in [0, 0.05) is 16.7 Å². The first-order valence-corrected chi connectivity index (χ1v) is 6.70. The van der Waals surface area contributed by atoms with E-state index < -0.39 is 5.41 Å². The molecular formula is C13H16BrNO3. The molecule has 1 fully saturated rings. The van der Waals surface area contributed by atoms with Gasteiger partial charge in [0.15, 0.2) is 0 Å². The molecule has 2 rings (SSSR count). The molecule has 1 heterocycles. The summed E-state index contributed by atoms with van der Waals surface area (Å²) in [6.45, 7) is 2.31. The van der Waals surface area contributed by atoms with Gasteiger partial charge < -0.3 is 9.47 Å². The van der Waals surface area contributed by atoms with Crippen LogP contribution in [0.2, 0.25) is 0 Å². The van der Waals surface area contributed by atoms with Gasteiger partial charge in [-0.2, -0.15) is 0 Å². The van der Waals surface area contributed by atoms with Crippen LogP contribution in [0, 0.1) is 12.3 Å². The van der Waals surface area contributed by atoms with Crippen molar-refractivity contribution in [1.29, 1.82) is 0 Å². The van der Waals surface area contributed by atoms with Crippen LogP contribution in [0.15, 0.2) is 16.7 Å². The Kier molecular flexibility index (Phi) is 3.90. The second-order valence-corrected chi connectivity index (χ2v) is 5.54. The molecule has 4 nitrogen and oxygen atoms in total. The first-order valence-electron chi connectivity index (χ1n) is 5.91. The molecule has 5 heteroatoms. The Morgan fingerprint density at radius 2 is 2.28 bits per heavy atom. The Morgan fingerprint density at radius 1 is 1.56 bits per heavy atom. The minimum absolute atomic E-state index is 0.178. The molecule has 1 aliphatic carbocycles. The lowest BCUT2D eigenvalue weighted by Gasteiger charge is -2.38. The second-order valence-electron chi connectivity index (χ2n) is 4.69. The maximum Gasteiger partial charge on any atom is 0.315 e. The third-order valence-electron chi connectivity index (χ3n) is 3.45. The minimum Gasteiger partial charge on any atom is -0.476 e. The molecule has 0 amide bonds. The lowest BCUT2D eigenvalue weighted by atomic mass is 9.69. The smallest absolute Gasteiger partial charge is 0.315 e. The van der Waals surface area contributed by atoms with Crippen molar-refractivity contribution in [2.24, 2.45) is 5.41 Å². The minimum atomic E-state index is -0.461. The molecule has 0 saturated heterocycles. The van der Waals surface area contributed by atoms with Gasteiger partial charge in [-0.25, -0.2) is 4.98 Å². The van der Waals surface area contributed by atoms with Gasteiger partial charge in [-0.3, -0.25) is 4.79 Å². The molecule has 0 aromatic carbocycles. The summed E-state index contributed by atoms with van der Waals surface area (Å²) in [5.41, 5.74) is 0.595. The van der Waals surface area contributed by atoms with Crippen molar-refractivity contribution in [2.75, 3.05) is 13.7 Å². The second kappa shape index (κ2) is 5.26. The van der Waals surface area contributed by atoms with Crippen molar-refractivity contribution in [2.45, 2.75) is 26.2 Å². The number of aryl methyl sites for hydroxylation is 1. The Bertz CT molecular complexity index is 458. The zero-order valence-corrected chi connectivity index (χ0v) is 12.1. The molecule has 1 aromatic rings. The van der Waals surface area contributed by atoms with Crippen LogP contribution in [0.5, 0.6) is 5.88 Å². The highest BCUT2D eigenvalue weighted by Crippen LogP contribution is 2.42. The van der Waals surface area contributed by atoms with Crippen molar-refractivity contribution < 1.29 is 14.3 Å². The Labute approximate surface area is 115 Å². The number of esters is 1. The first-order chi connectivity index (χ1) is 8.57. The topological polar surface area (TPSA) is 48.4 Å². The number of hydrogen-bond donors (Lipinski definition) is 0. The molecule has 0 spiro atoms. The van der Waals surface area contributed by atoms with E-state index in [1.807, 2.05) is 13.0 Å². The van der Waals surface area contributed by atoms with E-state index in [4.69, 9.17) is 9.47 Å². The number of pyridine rings is 1. The molecule has 0 unspecified atom stereocenters. The van der Waals surface area contributed by atoms with Gasteiger partial charge in [0.05, 0.1) is 7.11 Å². The largest absolute Gasteiger partial charge is 0.476 e. The van der Waals surface area contributed by atoms with Crippen LogP contribution >= 0.6 is 15.9 Å². The summed E-state index contributed by atoms with van der Waals surface area (Å²) >= 11 is 3.39. The van der Waals surface area contributed by atoms with E-state index in [-0.39, 0.29) is 5.97 Å². The van der Waals surface area contributed by atoms with Gasteiger partial charge in [-0.1, -0.05) is 6.42 Å². The molecule has 18 heavy (non-hydrogen) atoms. The molecule has 0 aliphatic heterocycles. The van der Waals surface area contributed by atoms with Crippen LogP contribution < -0.4 is 4.74 Å². The van der Waals surface area contributed by atoms with Crippen LogP contribution in [0.25, 0.3) is 0 Å². The Morgan fingerprint density at radius 3 is 2.78 bits per heavy atom. The van der Waals surface area contributed by atoms with Crippen LogP contribution in [-0.2, 0) is 9.53 Å². The quantitative estimate of drug-likeness (QED) is 0.802. The predicted molar refractivity (Wildman–Crippen MR) is 70.5 cm³/mol. The van der Waals surface area contributed by atoms with Gasteiger partial charge in [-0.05, 0) is 41.3 Å². The fourth-order valence-electron chi connectivity index (χ4n) is 2.03. The average Bonchev–Trinajstić information content (AvgIpc) is 2.31. The normalized spacial score (nSPS) is 16.8. The SMILES string of the molecule is COC(=O)C1(COc2cc(C)c(Br)cn2)CCC1. The molecule has 1 aliphatic rings. The summed E-state index contributed by atoms with van der Waals surface area (Å²) in [5, 5.41) is 0. The highest BCUT2D eigenvalue weighted by Gasteiger charge is 2.46. The number of hydrogen-bond acceptors (Lipinski definition) is 4. The number of nitrogens with zero attached hydrogens (tertiary/aromatic N) is 1. The summed E-state index contributed by atoms with van der Waals surface area (Å²) in [4.78, 5) is 15.9. The standard InChI is InChI=1S/C13H16BrNO3/c1-9-6-11(15-7-10(9)14)18-8-13(4-3-5-13)12(16)17-2/h6-7H,3-5,8H2,1-2H3. The summed E-state index contributed by atoms with van der Waals surface area (Å²) in [6, 6.07) is 1.85. The number of carbonyl (C=O) groups is 1. The summed E-state index contributed by atoms with van der Waals surface area (Å²) in [7, 11) is 1.42. The van der Waals surface area contributed by atoms with Gasteiger partial charge in [0.1, 0.15) is 12.0 Å². The van der Waals surface area contributed by atoms with E-state index in [0.29, 0.717) is 12.5 Å². The predicted octanol–water partition coefficient (Wildman–Crippen LogP) is 2.87. The molecular weight excluding hydrogens is 298 g/mol. The molecule has 0 bridgehead atoms. The molecule has 0 N–H and O–H groups in total. The van der Waals surface area contributed by atoms with Crippen LogP contribution in [-0.4, -0.2) is 24.7 Å². The van der Waals surface area contributed by atoms with Crippen molar-refractivity contribution in [3.8, 4) is 5.88 Å². The van der Waals surface area contributed by atoms with E-state index in [1.54, 1.807) is 6.20 Å². The van der Waals surface area contributed by atoms with E-state index in [9.17, 15) is 4.79 Å². The zero-order chi connectivity index (χ0) is 13.2. The van der Waals surface area contributed by atoms with Gasteiger partial charge in [0.2, 0.25) is 5.88 Å². The molecule has 98 valence electrons. The molecule has 1 aromatic heterocycles. The summed E-state index contributed by atoms with van der Waals surface area (Å²) < 4.78 is 11.4. The van der Waals surface area contributed by atoms with E-state index in [1.165, 1.54) is 7.11 Å². The summed E-state index contributed by atoms with van der Waals surface area (Å²) in [5.74, 6) is 0.369. The van der Waals surface area contributed by atoms with Crippen LogP contribution in [0.4, 0.5) is 0 Å². The molecule has 1 saturated carbocycles. The fourth-order valence-corrected chi connectivity index (χ4v) is 2.25. The number of methoxy groups -OCH3 is 1. The highest BCUT2D eigenvalue weighted by molar-refractivity contribution is 9.10. The van der Waals surface area contributed by atoms with Gasteiger partial charge >= 0.3 is 5.97 Å². The number of halogens is 1. The van der Waals surface area contributed by atoms with Crippen LogP contribution in [0.1, 0.15) is 24.8 Å². The third kappa shape index (κ3) is 2.51. The van der Waals surface area contributed by atoms with Gasteiger partial charge in [0.25, 0.3) is 0 Å². The maximum absolute atomic E-state index is 11.7. The monoisotopic (exact) mass is 313 g/mol. The Hall–Kier alpha value is -1.10. The van der Waals surface area contributed by atoms with E-state index in [2.05, 4.69) is 20.9 Å².